The lowest BCUT2D eigenvalue weighted by atomic mass is 9.87. The fraction of sp³-hybridized carbons (Fsp3) is 0.350. The van der Waals surface area contributed by atoms with Crippen LogP contribution in [0.2, 0.25) is 5.02 Å². The van der Waals surface area contributed by atoms with Gasteiger partial charge in [-0.3, -0.25) is 0 Å². The number of aliphatic hydroxyl groups excluding tert-OH is 1. The van der Waals surface area contributed by atoms with Gasteiger partial charge in [0.25, 0.3) is 0 Å². The largest absolute Gasteiger partial charge is 0.388 e. The summed E-state index contributed by atoms with van der Waals surface area (Å²) >= 11 is 6.11. The van der Waals surface area contributed by atoms with Crippen LogP contribution in [0.15, 0.2) is 54.6 Å². The normalized spacial score (nSPS) is 16.5. The Morgan fingerprint density at radius 2 is 1.76 bits per heavy atom. The van der Waals surface area contributed by atoms with Gasteiger partial charge in [0.15, 0.2) is 0 Å². The summed E-state index contributed by atoms with van der Waals surface area (Å²) < 4.78 is 0. The summed E-state index contributed by atoms with van der Waals surface area (Å²) in [4.78, 5) is 14.1. The molecule has 1 fully saturated rings. The third-order valence-corrected chi connectivity index (χ3v) is 5.17. The van der Waals surface area contributed by atoms with Gasteiger partial charge in [-0.05, 0) is 36.0 Å². The molecule has 25 heavy (non-hydrogen) atoms. The number of rotatable bonds is 4. The van der Waals surface area contributed by atoms with Crippen LogP contribution in [0.4, 0.5) is 4.79 Å². The number of likely N-dealkylation sites (tertiary alicyclic amines) is 1. The Morgan fingerprint density at radius 3 is 2.44 bits per heavy atom. The molecule has 0 saturated carbocycles. The lowest BCUT2D eigenvalue weighted by Crippen LogP contribution is -2.45. The molecule has 0 spiro atoms. The van der Waals surface area contributed by atoms with Crippen molar-refractivity contribution in [2.45, 2.75) is 25.5 Å². The maximum atomic E-state index is 12.3. The molecule has 1 aliphatic rings. The van der Waals surface area contributed by atoms with Gasteiger partial charge in [-0.2, -0.15) is 0 Å². The average molecular weight is 359 g/mol. The SMILES string of the molecule is O=C(NCc1ccccc1Cl)N1CCC(C(O)c2ccccc2)CC1. The minimum atomic E-state index is -0.463. The van der Waals surface area contributed by atoms with Crippen LogP contribution in [-0.2, 0) is 6.54 Å². The summed E-state index contributed by atoms with van der Waals surface area (Å²) in [5, 5.41) is 14.1. The minimum Gasteiger partial charge on any atom is -0.388 e. The van der Waals surface area contributed by atoms with Gasteiger partial charge < -0.3 is 15.3 Å². The molecule has 1 heterocycles. The average Bonchev–Trinajstić information content (AvgIpc) is 2.67. The van der Waals surface area contributed by atoms with Crippen LogP contribution in [-0.4, -0.2) is 29.1 Å². The number of piperidine rings is 1. The molecule has 1 unspecified atom stereocenters. The van der Waals surface area contributed by atoms with Gasteiger partial charge in [0.2, 0.25) is 0 Å². The topological polar surface area (TPSA) is 52.6 Å². The number of hydrogen-bond acceptors (Lipinski definition) is 2. The summed E-state index contributed by atoms with van der Waals surface area (Å²) in [7, 11) is 0. The van der Waals surface area contributed by atoms with E-state index in [1.54, 1.807) is 0 Å². The molecule has 0 bridgehead atoms. The Hall–Kier alpha value is -2.04. The van der Waals surface area contributed by atoms with Gasteiger partial charge in [-0.15, -0.1) is 0 Å². The maximum Gasteiger partial charge on any atom is 0.317 e. The van der Waals surface area contributed by atoms with Crippen molar-refractivity contribution < 1.29 is 9.90 Å². The molecule has 1 aliphatic heterocycles. The number of aliphatic hydroxyl groups is 1. The van der Waals surface area contributed by atoms with Crippen molar-refractivity contribution in [2.24, 2.45) is 5.92 Å². The van der Waals surface area contributed by atoms with E-state index in [4.69, 9.17) is 11.6 Å². The van der Waals surface area contributed by atoms with Crippen LogP contribution in [0.25, 0.3) is 0 Å². The van der Waals surface area contributed by atoms with E-state index in [1.165, 1.54) is 0 Å². The highest BCUT2D eigenvalue weighted by Crippen LogP contribution is 2.30. The predicted octanol–water partition coefficient (Wildman–Crippen LogP) is 4.00. The van der Waals surface area contributed by atoms with Crippen molar-refractivity contribution in [1.82, 2.24) is 10.2 Å². The third-order valence-electron chi connectivity index (χ3n) is 4.80. The first kappa shape index (κ1) is 17.8. The van der Waals surface area contributed by atoms with E-state index in [2.05, 4.69) is 5.32 Å². The van der Waals surface area contributed by atoms with Crippen LogP contribution in [0.1, 0.15) is 30.1 Å². The van der Waals surface area contributed by atoms with Gasteiger partial charge in [0.05, 0.1) is 6.10 Å². The second kappa shape index (κ2) is 8.37. The number of amides is 2. The van der Waals surface area contributed by atoms with E-state index in [0.717, 1.165) is 24.0 Å². The Bertz CT molecular complexity index is 700. The van der Waals surface area contributed by atoms with Gasteiger partial charge >= 0.3 is 6.03 Å². The van der Waals surface area contributed by atoms with E-state index in [1.807, 2.05) is 59.5 Å². The molecule has 1 saturated heterocycles. The highest BCUT2D eigenvalue weighted by molar-refractivity contribution is 6.31. The van der Waals surface area contributed by atoms with Gasteiger partial charge in [-0.25, -0.2) is 4.79 Å². The lowest BCUT2D eigenvalue weighted by Gasteiger charge is -2.34. The third kappa shape index (κ3) is 4.53. The molecule has 132 valence electrons. The zero-order chi connectivity index (χ0) is 17.6. The van der Waals surface area contributed by atoms with Crippen molar-refractivity contribution in [2.75, 3.05) is 13.1 Å². The van der Waals surface area contributed by atoms with Crippen molar-refractivity contribution in [3.8, 4) is 0 Å². The second-order valence-electron chi connectivity index (χ2n) is 6.43. The van der Waals surface area contributed by atoms with Crippen molar-refractivity contribution >= 4 is 17.6 Å². The summed E-state index contributed by atoms with van der Waals surface area (Å²) in [6.07, 6.45) is 1.14. The molecule has 1 atom stereocenters. The highest BCUT2D eigenvalue weighted by atomic mass is 35.5. The molecule has 2 amide bonds. The number of halogens is 1. The zero-order valence-electron chi connectivity index (χ0n) is 14.1. The summed E-state index contributed by atoms with van der Waals surface area (Å²) in [6.45, 7) is 1.73. The first-order valence-electron chi connectivity index (χ1n) is 8.64. The van der Waals surface area contributed by atoms with E-state index in [-0.39, 0.29) is 11.9 Å². The molecule has 0 radical (unpaired) electrons. The first-order chi connectivity index (χ1) is 12.1. The smallest absolute Gasteiger partial charge is 0.317 e. The number of nitrogens with one attached hydrogen (secondary N) is 1. The lowest BCUT2D eigenvalue weighted by molar-refractivity contribution is 0.0665. The monoisotopic (exact) mass is 358 g/mol. The molecule has 2 aromatic rings. The van der Waals surface area contributed by atoms with Crippen LogP contribution in [0, 0.1) is 5.92 Å². The van der Waals surface area contributed by atoms with Crippen LogP contribution < -0.4 is 5.32 Å². The van der Waals surface area contributed by atoms with E-state index >= 15 is 0 Å². The number of benzene rings is 2. The molecular weight excluding hydrogens is 336 g/mol. The molecule has 0 aliphatic carbocycles. The maximum absolute atomic E-state index is 12.3. The van der Waals surface area contributed by atoms with Gasteiger partial charge in [0.1, 0.15) is 0 Å². The molecule has 5 heteroatoms. The number of carbonyl (C=O) groups excluding carboxylic acids is 1. The van der Waals surface area contributed by atoms with Crippen LogP contribution in [0.3, 0.4) is 0 Å². The summed E-state index contributed by atoms with van der Waals surface area (Å²) in [6, 6.07) is 17.2. The number of hydrogen-bond donors (Lipinski definition) is 2. The Morgan fingerprint density at radius 1 is 1.12 bits per heavy atom. The van der Waals surface area contributed by atoms with E-state index in [9.17, 15) is 9.90 Å². The van der Waals surface area contributed by atoms with E-state index in [0.29, 0.717) is 24.7 Å². The Balaban J connectivity index is 1.48. The molecule has 4 nitrogen and oxygen atoms in total. The molecule has 2 N–H and O–H groups in total. The van der Waals surface area contributed by atoms with Crippen LogP contribution >= 0.6 is 11.6 Å². The standard InChI is InChI=1S/C20H23ClN2O2/c21-18-9-5-4-8-17(18)14-22-20(25)23-12-10-16(11-13-23)19(24)15-6-2-1-3-7-15/h1-9,16,19,24H,10-14H2,(H,22,25). The first-order valence-corrected chi connectivity index (χ1v) is 9.02. The fourth-order valence-electron chi connectivity index (χ4n) is 3.27. The Kier molecular flexibility index (Phi) is 5.95. The molecule has 3 rings (SSSR count). The predicted molar refractivity (Wildman–Crippen MR) is 99.4 cm³/mol. The van der Waals surface area contributed by atoms with Crippen molar-refractivity contribution in [3.63, 3.8) is 0 Å². The number of nitrogens with zero attached hydrogens (tertiary/aromatic N) is 1. The molecule has 2 aromatic carbocycles. The number of carbonyl (C=O) groups is 1. The quantitative estimate of drug-likeness (QED) is 0.868. The van der Waals surface area contributed by atoms with Crippen LogP contribution in [0.5, 0.6) is 0 Å². The summed E-state index contributed by atoms with van der Waals surface area (Å²) in [5.74, 6) is 0.190. The van der Waals surface area contributed by atoms with Crippen molar-refractivity contribution in [3.05, 3.63) is 70.7 Å². The molecular formula is C20H23ClN2O2. The number of urea groups is 1. The second-order valence-corrected chi connectivity index (χ2v) is 6.84. The van der Waals surface area contributed by atoms with Gasteiger partial charge in [0, 0.05) is 24.7 Å². The zero-order valence-corrected chi connectivity index (χ0v) is 14.8. The Labute approximate surface area is 153 Å². The van der Waals surface area contributed by atoms with Crippen molar-refractivity contribution in [1.29, 1.82) is 0 Å². The molecule has 0 aromatic heterocycles. The van der Waals surface area contributed by atoms with Gasteiger partial charge in [-0.1, -0.05) is 60.1 Å². The summed E-state index contributed by atoms with van der Waals surface area (Å²) in [5.41, 5.74) is 1.86. The fourth-order valence-corrected chi connectivity index (χ4v) is 3.47. The minimum absolute atomic E-state index is 0.0763. The van der Waals surface area contributed by atoms with E-state index < -0.39 is 6.10 Å². The highest BCUT2D eigenvalue weighted by Gasteiger charge is 2.28.